The van der Waals surface area contributed by atoms with Crippen LogP contribution in [0, 0.1) is 13.8 Å². The van der Waals surface area contributed by atoms with Crippen molar-refractivity contribution in [1.82, 2.24) is 0 Å². The average molecular weight is 258 g/mol. The summed E-state index contributed by atoms with van der Waals surface area (Å²) in [6.07, 6.45) is 1.70. The van der Waals surface area contributed by atoms with Gasteiger partial charge in [-0.3, -0.25) is 0 Å². The van der Waals surface area contributed by atoms with Crippen LogP contribution in [0.5, 0.6) is 0 Å². The molecule has 0 bridgehead atoms. The van der Waals surface area contributed by atoms with Crippen LogP contribution in [0.1, 0.15) is 15.2 Å². The van der Waals surface area contributed by atoms with Crippen molar-refractivity contribution in [3.8, 4) is 11.3 Å². The van der Waals surface area contributed by atoms with Crippen molar-refractivity contribution in [3.63, 3.8) is 0 Å². The van der Waals surface area contributed by atoms with Crippen molar-refractivity contribution in [2.45, 2.75) is 26.9 Å². The van der Waals surface area contributed by atoms with Crippen molar-refractivity contribution >= 4 is 14.0 Å². The van der Waals surface area contributed by atoms with E-state index in [-0.39, 0.29) is 0 Å². The molecule has 2 aromatic rings. The molecule has 1 nitrogen and oxygen atoms in total. The van der Waals surface area contributed by atoms with Crippen LogP contribution in [0.4, 0.5) is 0 Å². The SMILES string of the molecule is [2H]C([2H])([2H])c1ccc(-c2ccc([Si](C)C)cc2C)[n+](C)c1. The molecule has 0 unspecified atom stereocenters. The number of aromatic nitrogens is 1. The van der Waals surface area contributed by atoms with E-state index in [1.807, 2.05) is 17.7 Å². The number of nitrogens with zero attached hydrogens (tertiary/aromatic N) is 1. The molecule has 0 saturated heterocycles. The first-order chi connectivity index (χ1) is 9.70. The number of pyridine rings is 1. The lowest BCUT2D eigenvalue weighted by molar-refractivity contribution is -0.660. The first-order valence-electron chi connectivity index (χ1n) is 7.62. The Hall–Kier alpha value is -1.41. The van der Waals surface area contributed by atoms with Crippen LogP contribution in [0.15, 0.2) is 36.5 Å². The van der Waals surface area contributed by atoms with Gasteiger partial charge in [-0.15, -0.1) is 0 Å². The predicted octanol–water partition coefficient (Wildman–Crippen LogP) is 2.76. The van der Waals surface area contributed by atoms with Gasteiger partial charge in [0.25, 0.3) is 0 Å². The van der Waals surface area contributed by atoms with Crippen molar-refractivity contribution in [1.29, 1.82) is 0 Å². The molecule has 1 aromatic carbocycles. The largest absolute Gasteiger partial charge is 0.212 e. The first-order valence-corrected chi connectivity index (χ1v) is 8.62. The van der Waals surface area contributed by atoms with Gasteiger partial charge in [0.05, 0.1) is 8.80 Å². The lowest BCUT2D eigenvalue weighted by Gasteiger charge is -2.09. The van der Waals surface area contributed by atoms with Crippen molar-refractivity contribution in [2.24, 2.45) is 7.05 Å². The van der Waals surface area contributed by atoms with Crippen molar-refractivity contribution < 1.29 is 8.68 Å². The van der Waals surface area contributed by atoms with E-state index >= 15 is 0 Å². The fourth-order valence-electron chi connectivity index (χ4n) is 2.15. The van der Waals surface area contributed by atoms with E-state index in [2.05, 4.69) is 38.2 Å². The molecule has 0 spiro atoms. The molecule has 93 valence electrons. The minimum atomic E-state index is -2.06. The Morgan fingerprint density at radius 1 is 1.17 bits per heavy atom. The number of hydrogen-bond acceptors (Lipinski definition) is 0. The molecule has 18 heavy (non-hydrogen) atoms. The second-order valence-electron chi connectivity index (χ2n) is 4.94. The monoisotopic (exact) mass is 258 g/mol. The molecule has 2 heteroatoms. The molecule has 0 N–H and O–H groups in total. The van der Waals surface area contributed by atoms with E-state index in [0.717, 1.165) is 11.3 Å². The molecule has 1 heterocycles. The van der Waals surface area contributed by atoms with E-state index in [0.29, 0.717) is 5.56 Å². The zero-order chi connectivity index (χ0) is 15.8. The Bertz CT molecular complexity index is 663. The first kappa shape index (κ1) is 9.51. The fraction of sp³-hybridized carbons (Fsp3) is 0.312. The lowest BCUT2D eigenvalue weighted by Crippen LogP contribution is -2.31. The molecule has 0 aliphatic rings. The Morgan fingerprint density at radius 2 is 1.94 bits per heavy atom. The number of benzene rings is 1. The summed E-state index contributed by atoms with van der Waals surface area (Å²) in [7, 11) is 1.45. The van der Waals surface area contributed by atoms with Gasteiger partial charge in [-0.25, -0.2) is 4.57 Å². The highest BCUT2D eigenvalue weighted by Gasteiger charge is 2.13. The molecule has 0 aliphatic heterocycles. The Kier molecular flexibility index (Phi) is 2.68. The Labute approximate surface area is 116 Å². The standard InChI is InChI=1S/C16H21NSi/c1-12-6-9-16(17(3)11-12)15-8-7-14(18(4)5)10-13(15)2/h6-11H,1-5H3/q+1/i1D3. The van der Waals surface area contributed by atoms with E-state index in [4.69, 9.17) is 4.11 Å². The third-order valence-corrected chi connectivity index (χ3v) is 4.68. The maximum atomic E-state index is 7.49. The third-order valence-electron chi connectivity index (χ3n) is 3.21. The molecule has 0 atom stereocenters. The number of hydrogen-bond donors (Lipinski definition) is 0. The Morgan fingerprint density at radius 3 is 2.50 bits per heavy atom. The van der Waals surface area contributed by atoms with Crippen molar-refractivity contribution in [3.05, 3.63) is 47.7 Å². The van der Waals surface area contributed by atoms with Crippen LogP contribution in [0.2, 0.25) is 13.1 Å². The minimum absolute atomic E-state index is 0.371. The van der Waals surface area contributed by atoms with Gasteiger partial charge >= 0.3 is 0 Å². The van der Waals surface area contributed by atoms with Gasteiger partial charge in [0.1, 0.15) is 7.05 Å². The summed E-state index contributed by atoms with van der Waals surface area (Å²) in [5.41, 5.74) is 3.79. The second-order valence-corrected chi connectivity index (χ2v) is 7.52. The molecular weight excluding hydrogens is 234 g/mol. The van der Waals surface area contributed by atoms with E-state index in [1.165, 1.54) is 10.8 Å². The molecule has 1 radical (unpaired) electrons. The highest BCUT2D eigenvalue weighted by Crippen LogP contribution is 2.19. The summed E-state index contributed by atoms with van der Waals surface area (Å²) in [4.78, 5) is 0. The number of aryl methyl sites for hydroxylation is 3. The van der Waals surface area contributed by atoms with Crippen LogP contribution < -0.4 is 9.75 Å². The van der Waals surface area contributed by atoms with Crippen molar-refractivity contribution in [2.75, 3.05) is 0 Å². The zero-order valence-electron chi connectivity index (χ0n) is 14.4. The van der Waals surface area contributed by atoms with E-state index < -0.39 is 15.6 Å². The summed E-state index contributed by atoms with van der Waals surface area (Å²) in [6.45, 7) is 4.62. The highest BCUT2D eigenvalue weighted by molar-refractivity contribution is 6.70. The van der Waals surface area contributed by atoms with E-state index in [9.17, 15) is 0 Å². The molecule has 2 rings (SSSR count). The molecule has 0 aliphatic carbocycles. The minimum Gasteiger partial charge on any atom is -0.201 e. The lowest BCUT2D eigenvalue weighted by atomic mass is 10.0. The summed E-state index contributed by atoms with van der Waals surface area (Å²) < 4.78 is 24.4. The van der Waals surface area contributed by atoms with E-state index in [1.54, 1.807) is 12.3 Å². The van der Waals surface area contributed by atoms with Gasteiger partial charge in [0, 0.05) is 21.3 Å². The average Bonchev–Trinajstić information content (AvgIpc) is 2.38. The predicted molar refractivity (Wildman–Crippen MR) is 79.6 cm³/mol. The summed E-state index contributed by atoms with van der Waals surface area (Å²) in [6, 6.07) is 10.2. The van der Waals surface area contributed by atoms with Gasteiger partial charge in [0.15, 0.2) is 6.20 Å². The second kappa shape index (κ2) is 5.07. The molecule has 0 saturated carbocycles. The van der Waals surface area contributed by atoms with Crippen LogP contribution in [0.3, 0.4) is 0 Å². The molecular formula is C16H21NSi+. The van der Waals surface area contributed by atoms with Gasteiger partial charge in [-0.2, -0.15) is 0 Å². The van der Waals surface area contributed by atoms with Crippen LogP contribution in [-0.4, -0.2) is 8.80 Å². The highest BCUT2D eigenvalue weighted by atomic mass is 28.3. The third kappa shape index (κ3) is 2.54. The quantitative estimate of drug-likeness (QED) is 0.576. The zero-order valence-corrected chi connectivity index (χ0v) is 12.4. The van der Waals surface area contributed by atoms with Gasteiger partial charge in [-0.1, -0.05) is 30.4 Å². The van der Waals surface area contributed by atoms with Crippen LogP contribution in [0.25, 0.3) is 11.3 Å². The number of rotatable bonds is 2. The molecule has 0 amide bonds. The van der Waals surface area contributed by atoms with Gasteiger partial charge in [-0.05, 0) is 31.5 Å². The maximum absolute atomic E-state index is 7.49. The van der Waals surface area contributed by atoms with Gasteiger partial charge < -0.3 is 0 Å². The molecule has 0 fully saturated rings. The Balaban J connectivity index is 2.48. The topological polar surface area (TPSA) is 3.88 Å². The maximum Gasteiger partial charge on any atom is 0.212 e. The summed E-state index contributed by atoms with van der Waals surface area (Å²) >= 11 is 0. The summed E-state index contributed by atoms with van der Waals surface area (Å²) in [5.74, 6) is 0. The fourth-order valence-corrected chi connectivity index (χ4v) is 3.07. The van der Waals surface area contributed by atoms with Gasteiger partial charge in [0.2, 0.25) is 5.69 Å². The van der Waals surface area contributed by atoms with Crippen LogP contribution >= 0.6 is 0 Å². The van der Waals surface area contributed by atoms with Crippen LogP contribution in [-0.2, 0) is 7.05 Å². The smallest absolute Gasteiger partial charge is 0.201 e. The normalized spacial score (nSPS) is 14.2. The molecule has 1 aromatic heterocycles. The summed E-state index contributed by atoms with van der Waals surface area (Å²) in [5, 5.41) is 1.42.